The van der Waals surface area contributed by atoms with Crippen molar-refractivity contribution < 1.29 is 17.9 Å². The number of anilines is 1. The number of nitrogens with zero attached hydrogens (tertiary/aromatic N) is 2. The molecule has 0 aliphatic rings. The van der Waals surface area contributed by atoms with E-state index < -0.39 is 10.0 Å². The van der Waals surface area contributed by atoms with E-state index in [1.807, 2.05) is 13.8 Å². The van der Waals surface area contributed by atoms with Crippen molar-refractivity contribution in [3.63, 3.8) is 0 Å². The first kappa shape index (κ1) is 23.4. The highest BCUT2D eigenvalue weighted by Crippen LogP contribution is 2.22. The predicted molar refractivity (Wildman–Crippen MR) is 116 cm³/mol. The lowest BCUT2D eigenvalue weighted by Crippen LogP contribution is -2.33. The molecule has 0 heterocycles. The summed E-state index contributed by atoms with van der Waals surface area (Å²) >= 11 is 0. The van der Waals surface area contributed by atoms with Crippen LogP contribution in [0.25, 0.3) is 0 Å². The molecule has 2 aromatic rings. The summed E-state index contributed by atoms with van der Waals surface area (Å²) in [6, 6.07) is 14.7. The van der Waals surface area contributed by atoms with Crippen molar-refractivity contribution in [3.8, 4) is 11.8 Å². The van der Waals surface area contributed by atoms with E-state index in [2.05, 4.69) is 10.8 Å². The Kier molecular flexibility index (Phi) is 8.39. The van der Waals surface area contributed by atoms with Crippen molar-refractivity contribution in [1.29, 1.82) is 5.26 Å². The Morgan fingerprint density at radius 3 is 2.30 bits per heavy atom. The van der Waals surface area contributed by atoms with Crippen LogP contribution in [0, 0.1) is 11.3 Å². The Labute approximate surface area is 178 Å². The van der Waals surface area contributed by atoms with Gasteiger partial charge in [0.25, 0.3) is 5.91 Å². The molecule has 1 N–H and O–H groups in total. The molecule has 1 atom stereocenters. The van der Waals surface area contributed by atoms with Gasteiger partial charge in [0, 0.05) is 23.8 Å². The lowest BCUT2D eigenvalue weighted by atomic mass is 10.1. The Morgan fingerprint density at radius 2 is 1.77 bits per heavy atom. The standard InChI is InChI=1S/C22H27N3O4S/c1-4-17(3)24-30(27,28)21-13-7-18(8-14-21)22(26)25(16-6-15-23)19-9-11-20(12-10-19)29-5-2/h7-14,17,24H,4-6,16H2,1-3H3. The minimum Gasteiger partial charge on any atom is -0.494 e. The molecule has 2 aromatic carbocycles. The SMILES string of the molecule is CCOc1ccc(N(CCC#N)C(=O)c2ccc(S(=O)(=O)NC(C)CC)cc2)cc1. The highest BCUT2D eigenvalue weighted by atomic mass is 32.2. The smallest absolute Gasteiger partial charge is 0.258 e. The number of hydrogen-bond donors (Lipinski definition) is 1. The Morgan fingerprint density at radius 1 is 1.13 bits per heavy atom. The molecule has 0 bridgehead atoms. The summed E-state index contributed by atoms with van der Waals surface area (Å²) in [6.45, 7) is 6.33. The first-order valence-corrected chi connectivity index (χ1v) is 11.3. The Hall–Kier alpha value is -2.89. The first-order chi connectivity index (χ1) is 14.3. The molecule has 30 heavy (non-hydrogen) atoms. The Bertz CT molecular complexity index is 981. The van der Waals surface area contributed by atoms with E-state index in [0.717, 1.165) is 0 Å². The van der Waals surface area contributed by atoms with Crippen molar-refractivity contribution in [2.24, 2.45) is 0 Å². The third-order valence-electron chi connectivity index (χ3n) is 4.53. The number of benzene rings is 2. The largest absolute Gasteiger partial charge is 0.494 e. The average Bonchev–Trinajstić information content (AvgIpc) is 2.75. The van der Waals surface area contributed by atoms with Gasteiger partial charge in [0.05, 0.1) is 24.0 Å². The topological polar surface area (TPSA) is 99.5 Å². The molecular weight excluding hydrogens is 402 g/mol. The molecule has 7 nitrogen and oxygen atoms in total. The minimum atomic E-state index is -3.64. The van der Waals surface area contributed by atoms with Gasteiger partial charge in [-0.15, -0.1) is 0 Å². The zero-order valence-electron chi connectivity index (χ0n) is 17.5. The molecule has 0 aliphatic heterocycles. The van der Waals surface area contributed by atoms with Crippen LogP contribution in [0.15, 0.2) is 53.4 Å². The van der Waals surface area contributed by atoms with Gasteiger partial charge in [-0.1, -0.05) is 6.92 Å². The van der Waals surface area contributed by atoms with Crippen LogP contribution >= 0.6 is 0 Å². The maximum atomic E-state index is 13.1. The van der Waals surface area contributed by atoms with Gasteiger partial charge in [0.15, 0.2) is 0 Å². The van der Waals surface area contributed by atoms with Gasteiger partial charge in [-0.25, -0.2) is 13.1 Å². The Balaban J connectivity index is 2.26. The van der Waals surface area contributed by atoms with E-state index in [9.17, 15) is 13.2 Å². The van der Waals surface area contributed by atoms with Crippen molar-refractivity contribution in [3.05, 3.63) is 54.1 Å². The van der Waals surface area contributed by atoms with Crippen LogP contribution in [0.3, 0.4) is 0 Å². The molecule has 0 aliphatic carbocycles. The van der Waals surface area contributed by atoms with E-state index in [0.29, 0.717) is 30.0 Å². The number of hydrogen-bond acceptors (Lipinski definition) is 5. The highest BCUT2D eigenvalue weighted by molar-refractivity contribution is 7.89. The highest BCUT2D eigenvalue weighted by Gasteiger charge is 2.20. The molecule has 160 valence electrons. The van der Waals surface area contributed by atoms with E-state index in [1.54, 1.807) is 31.2 Å². The second-order valence-electron chi connectivity index (χ2n) is 6.75. The van der Waals surface area contributed by atoms with Gasteiger partial charge >= 0.3 is 0 Å². The fourth-order valence-corrected chi connectivity index (χ4v) is 4.07. The number of nitrogens with one attached hydrogen (secondary N) is 1. The van der Waals surface area contributed by atoms with E-state index in [1.165, 1.54) is 29.2 Å². The summed E-state index contributed by atoms with van der Waals surface area (Å²) in [5.74, 6) is 0.380. The molecule has 0 saturated heterocycles. The van der Waals surface area contributed by atoms with Crippen LogP contribution in [-0.4, -0.2) is 33.5 Å². The van der Waals surface area contributed by atoms with Crippen LogP contribution < -0.4 is 14.4 Å². The van der Waals surface area contributed by atoms with Crippen LogP contribution in [0.2, 0.25) is 0 Å². The number of ether oxygens (including phenoxy) is 1. The van der Waals surface area contributed by atoms with Crippen LogP contribution in [0.5, 0.6) is 5.75 Å². The number of sulfonamides is 1. The van der Waals surface area contributed by atoms with Crippen molar-refractivity contribution >= 4 is 21.6 Å². The molecule has 0 aromatic heterocycles. The van der Waals surface area contributed by atoms with Gasteiger partial charge in [-0.05, 0) is 68.8 Å². The summed E-state index contributed by atoms with van der Waals surface area (Å²) in [5, 5.41) is 8.97. The van der Waals surface area contributed by atoms with E-state index >= 15 is 0 Å². The van der Waals surface area contributed by atoms with Crippen LogP contribution in [0.1, 0.15) is 44.0 Å². The lowest BCUT2D eigenvalue weighted by molar-refractivity contribution is 0.0987. The molecule has 0 radical (unpaired) electrons. The molecule has 2 rings (SSSR count). The predicted octanol–water partition coefficient (Wildman–Crippen LogP) is 3.72. The first-order valence-electron chi connectivity index (χ1n) is 9.86. The van der Waals surface area contributed by atoms with Gasteiger partial charge in [0.2, 0.25) is 10.0 Å². The number of amides is 1. The normalized spacial score (nSPS) is 12.1. The molecular formula is C22H27N3O4S. The summed E-state index contributed by atoms with van der Waals surface area (Å²) in [4.78, 5) is 14.7. The van der Waals surface area contributed by atoms with Crippen molar-refractivity contribution in [2.45, 2.75) is 44.6 Å². The third kappa shape index (κ3) is 6.05. The summed E-state index contributed by atoms with van der Waals surface area (Å²) in [6.07, 6.45) is 0.843. The van der Waals surface area contributed by atoms with Gasteiger partial charge in [0.1, 0.15) is 5.75 Å². The van der Waals surface area contributed by atoms with Gasteiger partial charge in [-0.2, -0.15) is 5.26 Å². The number of rotatable bonds is 10. The third-order valence-corrected chi connectivity index (χ3v) is 6.14. The molecule has 0 saturated carbocycles. The summed E-state index contributed by atoms with van der Waals surface area (Å²) in [5.41, 5.74) is 0.971. The molecule has 0 spiro atoms. The maximum absolute atomic E-state index is 13.1. The summed E-state index contributed by atoms with van der Waals surface area (Å²) in [7, 11) is -3.64. The second-order valence-corrected chi connectivity index (χ2v) is 8.46. The molecule has 1 unspecified atom stereocenters. The van der Waals surface area contributed by atoms with Crippen molar-refractivity contribution in [2.75, 3.05) is 18.1 Å². The lowest BCUT2D eigenvalue weighted by Gasteiger charge is -2.22. The maximum Gasteiger partial charge on any atom is 0.258 e. The zero-order valence-corrected chi connectivity index (χ0v) is 18.3. The number of carbonyl (C=O) groups is 1. The molecule has 8 heteroatoms. The number of nitriles is 1. The van der Waals surface area contributed by atoms with Crippen LogP contribution in [0.4, 0.5) is 5.69 Å². The molecule has 0 fully saturated rings. The van der Waals surface area contributed by atoms with Gasteiger partial charge < -0.3 is 9.64 Å². The quantitative estimate of drug-likeness (QED) is 0.620. The minimum absolute atomic E-state index is 0.101. The van der Waals surface area contributed by atoms with Gasteiger partial charge in [-0.3, -0.25) is 4.79 Å². The fourth-order valence-electron chi connectivity index (χ4n) is 2.75. The van der Waals surface area contributed by atoms with Crippen molar-refractivity contribution in [1.82, 2.24) is 4.72 Å². The van der Waals surface area contributed by atoms with Crippen LogP contribution in [-0.2, 0) is 10.0 Å². The summed E-state index contributed by atoms with van der Waals surface area (Å²) < 4.78 is 32.8. The second kappa shape index (κ2) is 10.8. The monoisotopic (exact) mass is 429 g/mol. The average molecular weight is 430 g/mol. The number of carbonyl (C=O) groups excluding carboxylic acids is 1. The van der Waals surface area contributed by atoms with E-state index in [-0.39, 0.29) is 29.8 Å². The molecule has 1 amide bonds. The fraction of sp³-hybridized carbons (Fsp3) is 0.364. The van der Waals surface area contributed by atoms with E-state index in [4.69, 9.17) is 10.00 Å². The zero-order chi connectivity index (χ0) is 22.1.